The van der Waals surface area contributed by atoms with Gasteiger partial charge in [-0.25, -0.2) is 0 Å². The second kappa shape index (κ2) is 5.05. The monoisotopic (exact) mass is 232 g/mol. The SMILES string of the molecule is CC(C)Cc1noc(-c2ccnc(CN)c2)n1. The molecule has 0 radical (unpaired) electrons. The summed E-state index contributed by atoms with van der Waals surface area (Å²) in [6, 6.07) is 3.71. The largest absolute Gasteiger partial charge is 0.334 e. The van der Waals surface area contributed by atoms with Gasteiger partial charge < -0.3 is 10.3 Å². The molecule has 0 atom stereocenters. The van der Waals surface area contributed by atoms with Crippen LogP contribution < -0.4 is 5.73 Å². The smallest absolute Gasteiger partial charge is 0.258 e. The molecule has 0 saturated heterocycles. The third-order valence-electron chi connectivity index (χ3n) is 2.33. The lowest BCUT2D eigenvalue weighted by Crippen LogP contribution is -1.99. The number of hydrogen-bond acceptors (Lipinski definition) is 5. The molecule has 17 heavy (non-hydrogen) atoms. The fraction of sp³-hybridized carbons (Fsp3) is 0.417. The normalized spacial score (nSPS) is 11.1. The van der Waals surface area contributed by atoms with E-state index in [1.54, 1.807) is 6.20 Å². The van der Waals surface area contributed by atoms with Gasteiger partial charge in [0.15, 0.2) is 5.82 Å². The maximum Gasteiger partial charge on any atom is 0.258 e. The van der Waals surface area contributed by atoms with Crippen molar-refractivity contribution in [2.45, 2.75) is 26.8 Å². The van der Waals surface area contributed by atoms with Crippen molar-refractivity contribution in [3.8, 4) is 11.5 Å². The molecular weight excluding hydrogens is 216 g/mol. The van der Waals surface area contributed by atoms with E-state index in [0.717, 1.165) is 23.5 Å². The van der Waals surface area contributed by atoms with Gasteiger partial charge in [-0.2, -0.15) is 4.98 Å². The van der Waals surface area contributed by atoms with E-state index in [9.17, 15) is 0 Å². The molecule has 0 fully saturated rings. The minimum atomic E-state index is 0.404. The first-order valence-corrected chi connectivity index (χ1v) is 5.67. The molecule has 2 heterocycles. The van der Waals surface area contributed by atoms with Gasteiger partial charge in [0.05, 0.1) is 5.69 Å². The van der Waals surface area contributed by atoms with Crippen LogP contribution in [-0.2, 0) is 13.0 Å². The number of rotatable bonds is 4. The molecule has 0 aliphatic carbocycles. The van der Waals surface area contributed by atoms with Crippen LogP contribution in [0.15, 0.2) is 22.9 Å². The minimum Gasteiger partial charge on any atom is -0.334 e. The third kappa shape index (κ3) is 2.88. The molecule has 5 nitrogen and oxygen atoms in total. The molecule has 0 aliphatic rings. The van der Waals surface area contributed by atoms with Crippen molar-refractivity contribution in [1.29, 1.82) is 0 Å². The van der Waals surface area contributed by atoms with E-state index in [0.29, 0.717) is 18.4 Å². The zero-order chi connectivity index (χ0) is 12.3. The summed E-state index contributed by atoms with van der Waals surface area (Å²) in [6.45, 7) is 4.64. The molecule has 2 rings (SSSR count). The molecule has 0 spiro atoms. The topological polar surface area (TPSA) is 77.8 Å². The summed E-state index contributed by atoms with van der Waals surface area (Å²) >= 11 is 0. The molecule has 2 aromatic rings. The molecular formula is C12H16N4O. The van der Waals surface area contributed by atoms with Gasteiger partial charge in [-0.1, -0.05) is 19.0 Å². The van der Waals surface area contributed by atoms with Gasteiger partial charge in [0.1, 0.15) is 0 Å². The Balaban J connectivity index is 2.24. The van der Waals surface area contributed by atoms with Crippen LogP contribution in [-0.4, -0.2) is 15.1 Å². The highest BCUT2D eigenvalue weighted by Crippen LogP contribution is 2.18. The molecule has 0 bridgehead atoms. The zero-order valence-electron chi connectivity index (χ0n) is 10.1. The first-order valence-electron chi connectivity index (χ1n) is 5.67. The second-order valence-electron chi connectivity index (χ2n) is 4.35. The molecule has 0 aliphatic heterocycles. The Morgan fingerprint density at radius 1 is 1.41 bits per heavy atom. The van der Waals surface area contributed by atoms with Gasteiger partial charge >= 0.3 is 0 Å². The summed E-state index contributed by atoms with van der Waals surface area (Å²) in [5, 5.41) is 3.95. The number of pyridine rings is 1. The Morgan fingerprint density at radius 2 is 2.24 bits per heavy atom. The fourth-order valence-electron chi connectivity index (χ4n) is 1.54. The fourth-order valence-corrected chi connectivity index (χ4v) is 1.54. The predicted octanol–water partition coefficient (Wildman–Crippen LogP) is 1.79. The average Bonchev–Trinajstić information content (AvgIpc) is 2.77. The molecule has 5 heteroatoms. The van der Waals surface area contributed by atoms with E-state index in [2.05, 4.69) is 29.0 Å². The number of hydrogen-bond donors (Lipinski definition) is 1. The lowest BCUT2D eigenvalue weighted by atomic mass is 10.1. The lowest BCUT2D eigenvalue weighted by Gasteiger charge is -1.98. The summed E-state index contributed by atoms with van der Waals surface area (Å²) in [4.78, 5) is 8.47. The summed E-state index contributed by atoms with van der Waals surface area (Å²) in [5.74, 6) is 1.77. The van der Waals surface area contributed by atoms with Crippen molar-refractivity contribution >= 4 is 0 Å². The van der Waals surface area contributed by atoms with Crippen molar-refractivity contribution in [2.75, 3.05) is 0 Å². The van der Waals surface area contributed by atoms with E-state index in [1.807, 2.05) is 12.1 Å². The van der Waals surface area contributed by atoms with Crippen LogP contribution in [0.4, 0.5) is 0 Å². The number of nitrogens with two attached hydrogens (primary N) is 1. The van der Waals surface area contributed by atoms with Crippen LogP contribution >= 0.6 is 0 Å². The lowest BCUT2D eigenvalue weighted by molar-refractivity contribution is 0.417. The summed E-state index contributed by atoms with van der Waals surface area (Å²) < 4.78 is 5.22. The average molecular weight is 232 g/mol. The predicted molar refractivity (Wildman–Crippen MR) is 64.0 cm³/mol. The second-order valence-corrected chi connectivity index (χ2v) is 4.35. The first-order chi connectivity index (χ1) is 8.19. The number of nitrogens with zero attached hydrogens (tertiary/aromatic N) is 3. The van der Waals surface area contributed by atoms with Crippen molar-refractivity contribution in [3.05, 3.63) is 29.8 Å². The van der Waals surface area contributed by atoms with E-state index in [-0.39, 0.29) is 0 Å². The maximum absolute atomic E-state index is 5.54. The van der Waals surface area contributed by atoms with Crippen LogP contribution in [0.5, 0.6) is 0 Å². The molecule has 2 aromatic heterocycles. The van der Waals surface area contributed by atoms with Crippen LogP contribution in [0.25, 0.3) is 11.5 Å². The Hall–Kier alpha value is -1.75. The summed E-state index contributed by atoms with van der Waals surface area (Å²) in [6.07, 6.45) is 2.52. The van der Waals surface area contributed by atoms with E-state index in [1.165, 1.54) is 0 Å². The molecule has 0 unspecified atom stereocenters. The summed E-state index contributed by atoms with van der Waals surface area (Å²) in [7, 11) is 0. The molecule has 0 saturated carbocycles. The van der Waals surface area contributed by atoms with E-state index in [4.69, 9.17) is 10.3 Å². The van der Waals surface area contributed by atoms with Gasteiger partial charge in [0.25, 0.3) is 5.89 Å². The van der Waals surface area contributed by atoms with Crippen LogP contribution in [0, 0.1) is 5.92 Å². The van der Waals surface area contributed by atoms with E-state index >= 15 is 0 Å². The molecule has 0 amide bonds. The van der Waals surface area contributed by atoms with Crippen LogP contribution in [0.1, 0.15) is 25.4 Å². The summed E-state index contributed by atoms with van der Waals surface area (Å²) in [5.41, 5.74) is 7.21. The van der Waals surface area contributed by atoms with Gasteiger partial charge in [0, 0.05) is 24.7 Å². The zero-order valence-corrected chi connectivity index (χ0v) is 10.1. The first kappa shape index (κ1) is 11.7. The Bertz CT molecular complexity index is 493. The quantitative estimate of drug-likeness (QED) is 0.869. The van der Waals surface area contributed by atoms with Crippen molar-refractivity contribution < 1.29 is 4.52 Å². The highest BCUT2D eigenvalue weighted by atomic mass is 16.5. The standard InChI is InChI=1S/C12H16N4O/c1-8(2)5-11-15-12(17-16-11)9-3-4-14-10(6-9)7-13/h3-4,6,8H,5,7,13H2,1-2H3. The Labute approximate surface area is 100 Å². The third-order valence-corrected chi connectivity index (χ3v) is 2.33. The molecule has 2 N–H and O–H groups in total. The van der Waals surface area contributed by atoms with Crippen molar-refractivity contribution in [2.24, 2.45) is 11.7 Å². The van der Waals surface area contributed by atoms with E-state index < -0.39 is 0 Å². The van der Waals surface area contributed by atoms with Gasteiger partial charge in [0.2, 0.25) is 0 Å². The Morgan fingerprint density at radius 3 is 2.94 bits per heavy atom. The highest BCUT2D eigenvalue weighted by molar-refractivity contribution is 5.52. The van der Waals surface area contributed by atoms with Gasteiger partial charge in [-0.3, -0.25) is 4.98 Å². The van der Waals surface area contributed by atoms with Crippen LogP contribution in [0.2, 0.25) is 0 Å². The van der Waals surface area contributed by atoms with Crippen molar-refractivity contribution in [3.63, 3.8) is 0 Å². The van der Waals surface area contributed by atoms with Crippen LogP contribution in [0.3, 0.4) is 0 Å². The maximum atomic E-state index is 5.54. The van der Waals surface area contributed by atoms with Gasteiger partial charge in [-0.05, 0) is 18.1 Å². The molecule has 0 aromatic carbocycles. The highest BCUT2D eigenvalue weighted by Gasteiger charge is 2.10. The molecule has 90 valence electrons. The van der Waals surface area contributed by atoms with Gasteiger partial charge in [-0.15, -0.1) is 0 Å². The Kier molecular flexibility index (Phi) is 3.49. The minimum absolute atomic E-state index is 0.404. The number of aromatic nitrogens is 3. The van der Waals surface area contributed by atoms with Crippen molar-refractivity contribution in [1.82, 2.24) is 15.1 Å².